The second kappa shape index (κ2) is 7.63. The van der Waals surface area contributed by atoms with E-state index in [1.807, 2.05) is 16.9 Å². The van der Waals surface area contributed by atoms with E-state index in [-0.39, 0.29) is 18.1 Å². The van der Waals surface area contributed by atoms with Gasteiger partial charge in [0.1, 0.15) is 0 Å². The van der Waals surface area contributed by atoms with Gasteiger partial charge in [-0.25, -0.2) is 4.79 Å². The van der Waals surface area contributed by atoms with Gasteiger partial charge in [-0.05, 0) is 32.8 Å². The van der Waals surface area contributed by atoms with E-state index in [1.54, 1.807) is 11.9 Å². The summed E-state index contributed by atoms with van der Waals surface area (Å²) >= 11 is 0. The van der Waals surface area contributed by atoms with Gasteiger partial charge in [0.25, 0.3) is 0 Å². The zero-order valence-electron chi connectivity index (χ0n) is 13.8. The predicted molar refractivity (Wildman–Crippen MR) is 85.7 cm³/mol. The first-order valence-corrected chi connectivity index (χ1v) is 8.18. The Morgan fingerprint density at radius 1 is 1.55 bits per heavy atom. The molecular weight excluding hydrogens is 280 g/mol. The average molecular weight is 308 g/mol. The van der Waals surface area contributed by atoms with E-state index >= 15 is 0 Å². The van der Waals surface area contributed by atoms with Crippen LogP contribution in [0.15, 0.2) is 12.3 Å². The number of rotatable bonds is 6. The van der Waals surface area contributed by atoms with Crippen LogP contribution in [0.5, 0.6) is 0 Å². The molecule has 6 nitrogen and oxygen atoms in total. The van der Waals surface area contributed by atoms with Gasteiger partial charge in [0.2, 0.25) is 0 Å². The standard InChI is InChI=1S/C16H28N4O2/c1-12(2)20-10-8-14(18-20)7-9-17-16(22)19(3)11-13-5-4-6-15(13)21/h8,10,12-13,15,21H,4-7,9,11H2,1-3H3,(H,17,22)/t13-,15-/m0/s1. The van der Waals surface area contributed by atoms with Gasteiger partial charge >= 0.3 is 6.03 Å². The highest BCUT2D eigenvalue weighted by molar-refractivity contribution is 5.73. The maximum atomic E-state index is 12.0. The Balaban J connectivity index is 1.70. The molecule has 2 atom stereocenters. The molecule has 2 amide bonds. The Labute approximate surface area is 132 Å². The number of hydrogen-bond acceptors (Lipinski definition) is 3. The molecular formula is C16H28N4O2. The molecule has 1 aliphatic rings. The van der Waals surface area contributed by atoms with Crippen LogP contribution in [0.2, 0.25) is 0 Å². The maximum Gasteiger partial charge on any atom is 0.317 e. The molecule has 0 bridgehead atoms. The van der Waals surface area contributed by atoms with Gasteiger partial charge in [-0.1, -0.05) is 6.42 Å². The number of aliphatic hydroxyl groups excluding tert-OH is 1. The molecule has 1 fully saturated rings. The smallest absolute Gasteiger partial charge is 0.317 e. The van der Waals surface area contributed by atoms with E-state index in [0.29, 0.717) is 19.1 Å². The largest absolute Gasteiger partial charge is 0.393 e. The Morgan fingerprint density at radius 3 is 2.91 bits per heavy atom. The van der Waals surface area contributed by atoms with Gasteiger partial charge in [-0.3, -0.25) is 4.68 Å². The van der Waals surface area contributed by atoms with Gasteiger partial charge in [-0.2, -0.15) is 5.10 Å². The lowest BCUT2D eigenvalue weighted by molar-refractivity contribution is 0.114. The van der Waals surface area contributed by atoms with E-state index in [2.05, 4.69) is 24.3 Å². The lowest BCUT2D eigenvalue weighted by Gasteiger charge is -2.23. The fourth-order valence-corrected chi connectivity index (χ4v) is 2.90. The lowest BCUT2D eigenvalue weighted by Crippen LogP contribution is -2.41. The van der Waals surface area contributed by atoms with E-state index in [1.165, 1.54) is 0 Å². The molecule has 1 aromatic heterocycles. The molecule has 0 saturated heterocycles. The first-order valence-electron chi connectivity index (χ1n) is 8.18. The molecule has 1 aromatic rings. The van der Waals surface area contributed by atoms with Crippen molar-refractivity contribution in [2.75, 3.05) is 20.1 Å². The summed E-state index contributed by atoms with van der Waals surface area (Å²) in [5.41, 5.74) is 0.989. The summed E-state index contributed by atoms with van der Waals surface area (Å²) in [7, 11) is 1.79. The molecule has 1 heterocycles. The second-order valence-corrected chi connectivity index (χ2v) is 6.50. The molecule has 0 unspecified atom stereocenters. The fourth-order valence-electron chi connectivity index (χ4n) is 2.90. The number of amides is 2. The highest BCUT2D eigenvalue weighted by Gasteiger charge is 2.27. The van der Waals surface area contributed by atoms with Gasteiger partial charge in [0.15, 0.2) is 0 Å². The summed E-state index contributed by atoms with van der Waals surface area (Å²) in [6.45, 7) is 5.37. The summed E-state index contributed by atoms with van der Waals surface area (Å²) in [6.07, 6.45) is 5.36. The number of aliphatic hydroxyl groups is 1. The number of carbonyl (C=O) groups excluding carboxylic acids is 1. The van der Waals surface area contributed by atoms with Crippen LogP contribution in [-0.4, -0.2) is 52.1 Å². The monoisotopic (exact) mass is 308 g/mol. The fraction of sp³-hybridized carbons (Fsp3) is 0.750. The van der Waals surface area contributed by atoms with Crippen LogP contribution >= 0.6 is 0 Å². The van der Waals surface area contributed by atoms with Gasteiger partial charge < -0.3 is 15.3 Å². The van der Waals surface area contributed by atoms with Gasteiger partial charge in [0.05, 0.1) is 11.8 Å². The van der Waals surface area contributed by atoms with E-state index < -0.39 is 0 Å². The normalized spacial score (nSPS) is 21.3. The van der Waals surface area contributed by atoms with Crippen molar-refractivity contribution in [1.29, 1.82) is 0 Å². The molecule has 0 aliphatic heterocycles. The Bertz CT molecular complexity index is 486. The summed E-state index contributed by atoms with van der Waals surface area (Å²) < 4.78 is 1.92. The Hall–Kier alpha value is -1.56. The van der Waals surface area contributed by atoms with Crippen molar-refractivity contribution in [2.24, 2.45) is 5.92 Å². The third-order valence-electron chi connectivity index (χ3n) is 4.32. The van der Waals surface area contributed by atoms with Crippen LogP contribution in [0.1, 0.15) is 44.8 Å². The van der Waals surface area contributed by atoms with Crippen molar-refractivity contribution in [3.8, 4) is 0 Å². The molecule has 6 heteroatoms. The maximum absolute atomic E-state index is 12.0. The number of nitrogens with one attached hydrogen (secondary N) is 1. The number of nitrogens with zero attached hydrogens (tertiary/aromatic N) is 3. The first-order chi connectivity index (χ1) is 10.5. The van der Waals surface area contributed by atoms with Crippen LogP contribution in [-0.2, 0) is 6.42 Å². The average Bonchev–Trinajstić information content (AvgIpc) is 3.09. The van der Waals surface area contributed by atoms with Crippen molar-refractivity contribution >= 4 is 6.03 Å². The minimum atomic E-state index is -0.254. The minimum absolute atomic E-state index is 0.0811. The highest BCUT2D eigenvalue weighted by Crippen LogP contribution is 2.25. The molecule has 1 aliphatic carbocycles. The van der Waals surface area contributed by atoms with Crippen LogP contribution in [0.4, 0.5) is 4.79 Å². The van der Waals surface area contributed by atoms with Crippen molar-refractivity contribution in [2.45, 2.75) is 51.7 Å². The molecule has 2 rings (SSSR count). The van der Waals surface area contributed by atoms with E-state index in [4.69, 9.17) is 0 Å². The topological polar surface area (TPSA) is 70.4 Å². The van der Waals surface area contributed by atoms with Crippen LogP contribution in [0.3, 0.4) is 0 Å². The molecule has 22 heavy (non-hydrogen) atoms. The van der Waals surface area contributed by atoms with Crippen LogP contribution < -0.4 is 5.32 Å². The second-order valence-electron chi connectivity index (χ2n) is 6.50. The van der Waals surface area contributed by atoms with Crippen molar-refractivity contribution in [3.05, 3.63) is 18.0 Å². The molecule has 2 N–H and O–H groups in total. The molecule has 1 saturated carbocycles. The lowest BCUT2D eigenvalue weighted by atomic mass is 10.1. The van der Waals surface area contributed by atoms with Crippen molar-refractivity contribution in [3.63, 3.8) is 0 Å². The SMILES string of the molecule is CC(C)n1ccc(CCNC(=O)N(C)C[C@@H]2CCC[C@@H]2O)n1. The zero-order valence-corrected chi connectivity index (χ0v) is 13.8. The number of hydrogen-bond donors (Lipinski definition) is 2. The molecule has 0 aromatic carbocycles. The molecule has 0 radical (unpaired) electrons. The Kier molecular flexibility index (Phi) is 5.83. The quantitative estimate of drug-likeness (QED) is 0.842. The number of carbonyl (C=O) groups is 1. The van der Waals surface area contributed by atoms with Gasteiger partial charge in [0, 0.05) is 44.7 Å². The molecule has 124 valence electrons. The summed E-state index contributed by atoms with van der Waals surface area (Å²) in [6, 6.07) is 2.26. The third kappa shape index (κ3) is 4.47. The Morgan fingerprint density at radius 2 is 2.32 bits per heavy atom. The summed E-state index contributed by atoms with van der Waals surface area (Å²) in [5.74, 6) is 0.220. The predicted octanol–water partition coefficient (Wildman–Crippen LogP) is 1.81. The van der Waals surface area contributed by atoms with Crippen LogP contribution in [0, 0.1) is 5.92 Å². The van der Waals surface area contributed by atoms with Gasteiger partial charge in [-0.15, -0.1) is 0 Å². The summed E-state index contributed by atoms with van der Waals surface area (Å²) in [4.78, 5) is 13.7. The van der Waals surface area contributed by atoms with Crippen molar-refractivity contribution < 1.29 is 9.90 Å². The minimum Gasteiger partial charge on any atom is -0.393 e. The van der Waals surface area contributed by atoms with Crippen molar-refractivity contribution in [1.82, 2.24) is 20.0 Å². The van der Waals surface area contributed by atoms with Crippen LogP contribution in [0.25, 0.3) is 0 Å². The third-order valence-corrected chi connectivity index (χ3v) is 4.32. The first kappa shape index (κ1) is 16.8. The zero-order chi connectivity index (χ0) is 16.1. The van der Waals surface area contributed by atoms with E-state index in [0.717, 1.165) is 31.4 Å². The summed E-state index contributed by atoms with van der Waals surface area (Å²) in [5, 5.41) is 17.2. The number of aromatic nitrogens is 2. The highest BCUT2D eigenvalue weighted by atomic mass is 16.3. The number of urea groups is 1. The van der Waals surface area contributed by atoms with E-state index in [9.17, 15) is 9.90 Å². The molecule has 0 spiro atoms.